The first-order valence-corrected chi connectivity index (χ1v) is 12.1. The van der Waals surface area contributed by atoms with Gasteiger partial charge in [-0.25, -0.2) is 0 Å². The summed E-state index contributed by atoms with van der Waals surface area (Å²) < 4.78 is 21.8. The number of carbonyl (C=O) groups excluding carboxylic acids is 1. The van der Waals surface area contributed by atoms with E-state index in [4.69, 9.17) is 18.9 Å². The quantitative estimate of drug-likeness (QED) is 0.581. The van der Waals surface area contributed by atoms with E-state index in [0.717, 1.165) is 36.8 Å². The van der Waals surface area contributed by atoms with E-state index in [1.165, 1.54) is 0 Å². The van der Waals surface area contributed by atoms with Crippen LogP contribution < -0.4 is 18.9 Å². The van der Waals surface area contributed by atoms with Crippen LogP contribution in [0.5, 0.6) is 23.0 Å². The molecule has 4 rings (SSSR count). The van der Waals surface area contributed by atoms with Gasteiger partial charge in [-0.3, -0.25) is 4.79 Å². The van der Waals surface area contributed by atoms with Crippen molar-refractivity contribution in [2.45, 2.75) is 43.7 Å². The van der Waals surface area contributed by atoms with Crippen LogP contribution in [0.4, 0.5) is 0 Å². The largest absolute Gasteiger partial charge is 0.497 e. The average molecular weight is 482 g/mol. The minimum Gasteiger partial charge on any atom is -0.497 e. The van der Waals surface area contributed by atoms with Crippen molar-refractivity contribution >= 4 is 12.0 Å². The Morgan fingerprint density at radius 1 is 0.943 bits per heavy atom. The number of rotatable bonds is 7. The number of likely N-dealkylation sites (tertiary alicyclic amines) is 1. The zero-order chi connectivity index (χ0) is 25.0. The second-order valence-corrected chi connectivity index (χ2v) is 9.24. The maximum absolute atomic E-state index is 13.6. The zero-order valence-electron chi connectivity index (χ0n) is 21.0. The molecule has 0 aromatic heterocycles. The third-order valence-electron chi connectivity index (χ3n) is 7.44. The number of ether oxygens (including phenoxy) is 4. The molecule has 1 amide bonds. The van der Waals surface area contributed by atoms with Crippen molar-refractivity contribution in [3.8, 4) is 23.0 Å². The Morgan fingerprint density at radius 2 is 1.71 bits per heavy atom. The normalized spacial score (nSPS) is 24.1. The third-order valence-corrected chi connectivity index (χ3v) is 7.44. The minimum atomic E-state index is -0.780. The van der Waals surface area contributed by atoms with Gasteiger partial charge in [-0.05, 0) is 55.2 Å². The monoisotopic (exact) mass is 481 g/mol. The highest BCUT2D eigenvalue weighted by atomic mass is 16.5. The molecule has 1 aliphatic carbocycles. The first-order chi connectivity index (χ1) is 16.9. The van der Waals surface area contributed by atoms with Gasteiger partial charge in [0.2, 0.25) is 5.91 Å². The van der Waals surface area contributed by atoms with Gasteiger partial charge in [0.1, 0.15) is 11.5 Å². The Hall–Kier alpha value is -3.19. The van der Waals surface area contributed by atoms with Crippen LogP contribution in [0.1, 0.15) is 49.3 Å². The van der Waals surface area contributed by atoms with E-state index in [1.807, 2.05) is 41.3 Å². The number of piperidine rings is 1. The number of methoxy groups -OCH3 is 4. The van der Waals surface area contributed by atoms with Crippen LogP contribution in [0.25, 0.3) is 6.08 Å². The molecule has 1 saturated heterocycles. The van der Waals surface area contributed by atoms with E-state index < -0.39 is 5.60 Å². The molecular weight excluding hydrogens is 446 g/mol. The molecule has 0 spiro atoms. The molecular formula is C28H35NO6. The molecule has 2 aromatic carbocycles. The van der Waals surface area contributed by atoms with Crippen LogP contribution >= 0.6 is 0 Å². The molecule has 0 radical (unpaired) electrons. The van der Waals surface area contributed by atoms with Gasteiger partial charge in [0.15, 0.2) is 11.5 Å². The fourth-order valence-corrected chi connectivity index (χ4v) is 5.60. The summed E-state index contributed by atoms with van der Waals surface area (Å²) in [5.41, 5.74) is 0.949. The number of aliphatic hydroxyl groups is 1. The summed E-state index contributed by atoms with van der Waals surface area (Å²) in [7, 11) is 6.41. The van der Waals surface area contributed by atoms with E-state index in [0.29, 0.717) is 36.0 Å². The molecule has 35 heavy (non-hydrogen) atoms. The molecule has 1 aliphatic heterocycles. The highest BCUT2D eigenvalue weighted by Gasteiger charge is 2.50. The SMILES string of the molecule is COc1ccc([C@H]2[C@H]3CCCC[C@]3(O)CCN2C(=O)/C=C/c2ccc(OC)c(OC)c2)c(OC)c1. The number of benzene rings is 2. The summed E-state index contributed by atoms with van der Waals surface area (Å²) in [5.74, 6) is 2.42. The Kier molecular flexibility index (Phi) is 7.55. The van der Waals surface area contributed by atoms with Crippen molar-refractivity contribution < 1.29 is 28.8 Å². The van der Waals surface area contributed by atoms with Crippen LogP contribution in [0.2, 0.25) is 0 Å². The number of amides is 1. The van der Waals surface area contributed by atoms with Crippen molar-refractivity contribution in [1.82, 2.24) is 4.90 Å². The number of hydrogen-bond donors (Lipinski definition) is 1. The van der Waals surface area contributed by atoms with Gasteiger partial charge in [0.05, 0.1) is 40.1 Å². The van der Waals surface area contributed by atoms with E-state index in [1.54, 1.807) is 40.6 Å². The van der Waals surface area contributed by atoms with Crippen LogP contribution in [0.15, 0.2) is 42.5 Å². The smallest absolute Gasteiger partial charge is 0.247 e. The maximum Gasteiger partial charge on any atom is 0.247 e. The highest BCUT2D eigenvalue weighted by molar-refractivity contribution is 5.92. The lowest BCUT2D eigenvalue weighted by Crippen LogP contribution is -2.56. The molecule has 2 aromatic rings. The summed E-state index contributed by atoms with van der Waals surface area (Å²) >= 11 is 0. The van der Waals surface area contributed by atoms with E-state index in [2.05, 4.69) is 0 Å². The Labute approximate surface area is 207 Å². The summed E-state index contributed by atoms with van der Waals surface area (Å²) in [6.45, 7) is 0.474. The molecule has 7 nitrogen and oxygen atoms in total. The van der Waals surface area contributed by atoms with E-state index >= 15 is 0 Å². The Bertz CT molecular complexity index is 1080. The molecule has 1 N–H and O–H groups in total. The van der Waals surface area contributed by atoms with Crippen molar-refractivity contribution in [2.75, 3.05) is 35.0 Å². The van der Waals surface area contributed by atoms with Gasteiger partial charge < -0.3 is 29.0 Å². The molecule has 3 atom stereocenters. The summed E-state index contributed by atoms with van der Waals surface area (Å²) in [4.78, 5) is 15.5. The minimum absolute atomic E-state index is 0.0641. The summed E-state index contributed by atoms with van der Waals surface area (Å²) in [5, 5.41) is 11.6. The lowest BCUT2D eigenvalue weighted by Gasteiger charge is -2.52. The van der Waals surface area contributed by atoms with Gasteiger partial charge in [-0.1, -0.05) is 18.9 Å². The Morgan fingerprint density at radius 3 is 2.43 bits per heavy atom. The number of nitrogens with zero attached hydrogens (tertiary/aromatic N) is 1. The second kappa shape index (κ2) is 10.6. The fraction of sp³-hybridized carbons (Fsp3) is 0.464. The van der Waals surface area contributed by atoms with Crippen LogP contribution in [0, 0.1) is 5.92 Å². The molecule has 0 unspecified atom stereocenters. The molecule has 1 saturated carbocycles. The Balaban J connectivity index is 1.68. The first kappa shape index (κ1) is 24.9. The lowest BCUT2D eigenvalue weighted by atomic mass is 9.66. The van der Waals surface area contributed by atoms with Gasteiger partial charge in [-0.15, -0.1) is 0 Å². The molecule has 0 bridgehead atoms. The molecule has 7 heteroatoms. The molecule has 2 fully saturated rings. The van der Waals surface area contributed by atoms with Crippen molar-refractivity contribution in [2.24, 2.45) is 5.92 Å². The fourth-order valence-electron chi connectivity index (χ4n) is 5.60. The van der Waals surface area contributed by atoms with Gasteiger partial charge in [0, 0.05) is 30.2 Å². The van der Waals surface area contributed by atoms with E-state index in [9.17, 15) is 9.90 Å². The van der Waals surface area contributed by atoms with Gasteiger partial charge in [0.25, 0.3) is 0 Å². The van der Waals surface area contributed by atoms with Crippen molar-refractivity contribution in [1.29, 1.82) is 0 Å². The molecule has 188 valence electrons. The molecule has 1 heterocycles. The zero-order valence-corrected chi connectivity index (χ0v) is 21.0. The number of carbonyl (C=O) groups is 1. The number of hydrogen-bond acceptors (Lipinski definition) is 6. The van der Waals surface area contributed by atoms with Crippen LogP contribution in [0.3, 0.4) is 0 Å². The van der Waals surface area contributed by atoms with Gasteiger partial charge in [-0.2, -0.15) is 0 Å². The third kappa shape index (κ3) is 4.96. The van der Waals surface area contributed by atoms with Crippen molar-refractivity contribution in [3.05, 3.63) is 53.6 Å². The summed E-state index contributed by atoms with van der Waals surface area (Å²) in [6, 6.07) is 10.9. The lowest BCUT2D eigenvalue weighted by molar-refractivity contribution is -0.151. The predicted molar refractivity (Wildman–Crippen MR) is 134 cm³/mol. The van der Waals surface area contributed by atoms with Gasteiger partial charge >= 0.3 is 0 Å². The number of fused-ring (bicyclic) bond motifs is 1. The van der Waals surface area contributed by atoms with Crippen molar-refractivity contribution in [3.63, 3.8) is 0 Å². The average Bonchev–Trinajstić information content (AvgIpc) is 2.90. The first-order valence-electron chi connectivity index (χ1n) is 12.1. The second-order valence-electron chi connectivity index (χ2n) is 9.24. The maximum atomic E-state index is 13.6. The summed E-state index contributed by atoms with van der Waals surface area (Å²) in [6.07, 6.45) is 7.61. The van der Waals surface area contributed by atoms with Crippen LogP contribution in [-0.2, 0) is 4.79 Å². The van der Waals surface area contributed by atoms with E-state index in [-0.39, 0.29) is 17.9 Å². The molecule has 2 aliphatic rings. The predicted octanol–water partition coefficient (Wildman–Crippen LogP) is 4.63. The van der Waals surface area contributed by atoms with Crippen LogP contribution in [-0.4, -0.2) is 56.5 Å². The topological polar surface area (TPSA) is 77.5 Å². The highest BCUT2D eigenvalue weighted by Crippen LogP contribution is 2.51. The standard InChI is InChI=1S/C28H35NO6/c1-32-20-10-11-21(24(18-20)34-3)27-22-7-5-6-14-28(22,31)15-16-29(27)26(30)13-9-19-8-12-23(33-2)25(17-19)35-4/h8-13,17-18,22,27,31H,5-7,14-16H2,1-4H3/b13-9+/t22-,27+,28+/m1/s1.